The topological polar surface area (TPSA) is 72.2 Å². The van der Waals surface area contributed by atoms with Gasteiger partial charge in [0.2, 0.25) is 11.8 Å². The Kier molecular flexibility index (Phi) is 4.72. The van der Waals surface area contributed by atoms with E-state index in [1.54, 1.807) is 24.3 Å². The minimum absolute atomic E-state index is 0.0923. The molecule has 0 saturated carbocycles. The number of nitrogens with two attached hydrogens (primary N) is 1. The van der Waals surface area contributed by atoms with E-state index in [9.17, 15) is 9.59 Å². The molecule has 2 amide bonds. The van der Waals surface area contributed by atoms with E-state index < -0.39 is 5.91 Å². The molecule has 21 heavy (non-hydrogen) atoms. The molecule has 0 saturated heterocycles. The van der Waals surface area contributed by atoms with Crippen LogP contribution in [-0.2, 0) is 4.79 Å². The molecule has 2 aromatic rings. The minimum Gasteiger partial charge on any atom is -0.366 e. The normalized spacial score (nSPS) is 11.7. The van der Waals surface area contributed by atoms with Crippen molar-refractivity contribution in [3.05, 3.63) is 65.7 Å². The van der Waals surface area contributed by atoms with Gasteiger partial charge in [-0.15, -0.1) is 0 Å². The van der Waals surface area contributed by atoms with Gasteiger partial charge >= 0.3 is 0 Å². The van der Waals surface area contributed by atoms with Crippen LogP contribution in [0.1, 0.15) is 35.2 Å². The molecule has 2 aromatic carbocycles. The van der Waals surface area contributed by atoms with Gasteiger partial charge in [-0.1, -0.05) is 43.3 Å². The van der Waals surface area contributed by atoms with Gasteiger partial charge in [-0.05, 0) is 30.2 Å². The van der Waals surface area contributed by atoms with E-state index >= 15 is 0 Å². The fraction of sp³-hybridized carbons (Fsp3) is 0.176. The Balaban J connectivity index is 2.16. The van der Waals surface area contributed by atoms with Crippen molar-refractivity contribution >= 4 is 17.5 Å². The van der Waals surface area contributed by atoms with Gasteiger partial charge in [0.15, 0.2) is 0 Å². The van der Waals surface area contributed by atoms with Crippen LogP contribution in [0.3, 0.4) is 0 Å². The number of carbonyl (C=O) groups is 2. The third-order valence-electron chi connectivity index (χ3n) is 3.34. The van der Waals surface area contributed by atoms with E-state index in [-0.39, 0.29) is 11.8 Å². The van der Waals surface area contributed by atoms with Gasteiger partial charge in [0.1, 0.15) is 0 Å². The van der Waals surface area contributed by atoms with Crippen molar-refractivity contribution in [2.75, 3.05) is 5.32 Å². The summed E-state index contributed by atoms with van der Waals surface area (Å²) in [7, 11) is 0. The third-order valence-corrected chi connectivity index (χ3v) is 3.34. The number of hydrogen-bond acceptors (Lipinski definition) is 2. The molecule has 0 unspecified atom stereocenters. The van der Waals surface area contributed by atoms with Gasteiger partial charge in [0, 0.05) is 11.3 Å². The monoisotopic (exact) mass is 282 g/mol. The maximum absolute atomic E-state index is 12.4. The van der Waals surface area contributed by atoms with Gasteiger partial charge in [-0.25, -0.2) is 0 Å². The van der Waals surface area contributed by atoms with Crippen LogP contribution in [-0.4, -0.2) is 11.8 Å². The Bertz CT molecular complexity index is 638. The van der Waals surface area contributed by atoms with Gasteiger partial charge in [-0.2, -0.15) is 0 Å². The molecule has 0 aromatic heterocycles. The van der Waals surface area contributed by atoms with Gasteiger partial charge in [0.05, 0.1) is 5.92 Å². The quantitative estimate of drug-likeness (QED) is 0.885. The van der Waals surface area contributed by atoms with Gasteiger partial charge < -0.3 is 11.1 Å². The number of benzene rings is 2. The first-order chi connectivity index (χ1) is 10.1. The van der Waals surface area contributed by atoms with Gasteiger partial charge in [0.25, 0.3) is 0 Å². The highest BCUT2D eigenvalue weighted by Gasteiger charge is 2.18. The molecule has 0 heterocycles. The van der Waals surface area contributed by atoms with Crippen LogP contribution in [0.5, 0.6) is 0 Å². The summed E-state index contributed by atoms with van der Waals surface area (Å²) in [5, 5.41) is 2.84. The predicted octanol–water partition coefficient (Wildman–Crippen LogP) is 2.92. The highest BCUT2D eigenvalue weighted by Crippen LogP contribution is 2.21. The second kappa shape index (κ2) is 6.70. The summed E-state index contributed by atoms with van der Waals surface area (Å²) in [6.45, 7) is 1.97. The summed E-state index contributed by atoms with van der Waals surface area (Å²) >= 11 is 0. The fourth-order valence-corrected chi connectivity index (χ4v) is 2.24. The maximum Gasteiger partial charge on any atom is 0.248 e. The average Bonchev–Trinajstić information content (AvgIpc) is 2.49. The van der Waals surface area contributed by atoms with Crippen LogP contribution in [0, 0.1) is 0 Å². The summed E-state index contributed by atoms with van der Waals surface area (Å²) in [6.07, 6.45) is 0.700. The Morgan fingerprint density at radius 1 is 1.10 bits per heavy atom. The van der Waals surface area contributed by atoms with Gasteiger partial charge in [-0.3, -0.25) is 9.59 Å². The van der Waals surface area contributed by atoms with Crippen molar-refractivity contribution in [2.45, 2.75) is 19.3 Å². The first-order valence-electron chi connectivity index (χ1n) is 6.87. The summed E-state index contributed by atoms with van der Waals surface area (Å²) < 4.78 is 0. The largest absolute Gasteiger partial charge is 0.366 e. The van der Waals surface area contributed by atoms with Crippen LogP contribution in [0.4, 0.5) is 5.69 Å². The molecule has 0 aliphatic heterocycles. The van der Waals surface area contributed by atoms with Crippen molar-refractivity contribution in [1.29, 1.82) is 0 Å². The lowest BCUT2D eigenvalue weighted by atomic mass is 9.95. The number of hydrogen-bond donors (Lipinski definition) is 2. The lowest BCUT2D eigenvalue weighted by Gasteiger charge is -2.15. The van der Waals surface area contributed by atoms with Crippen molar-refractivity contribution < 1.29 is 9.59 Å². The average molecular weight is 282 g/mol. The van der Waals surface area contributed by atoms with E-state index in [1.807, 2.05) is 37.3 Å². The minimum atomic E-state index is -0.513. The van der Waals surface area contributed by atoms with E-state index in [1.165, 1.54) is 0 Å². The zero-order valence-corrected chi connectivity index (χ0v) is 11.9. The van der Waals surface area contributed by atoms with Crippen LogP contribution < -0.4 is 11.1 Å². The smallest absolute Gasteiger partial charge is 0.248 e. The molecule has 1 atom stereocenters. The molecule has 0 aliphatic carbocycles. The predicted molar refractivity (Wildman–Crippen MR) is 83.1 cm³/mol. The molecule has 2 rings (SSSR count). The molecule has 4 heteroatoms. The first-order valence-corrected chi connectivity index (χ1v) is 6.87. The lowest BCUT2D eigenvalue weighted by molar-refractivity contribution is -0.117. The summed E-state index contributed by atoms with van der Waals surface area (Å²) in [5.41, 5.74) is 7.16. The first kappa shape index (κ1) is 14.8. The van der Waals surface area contributed by atoms with Crippen LogP contribution in [0.2, 0.25) is 0 Å². The van der Waals surface area contributed by atoms with E-state index in [0.29, 0.717) is 17.7 Å². The zero-order valence-electron chi connectivity index (χ0n) is 11.9. The molecule has 0 aliphatic rings. The van der Waals surface area contributed by atoms with Crippen LogP contribution in [0.15, 0.2) is 54.6 Å². The molecule has 3 N–H and O–H groups in total. The second-order valence-electron chi connectivity index (χ2n) is 4.81. The Labute approximate surface area is 124 Å². The molecule has 108 valence electrons. The molecular formula is C17H18N2O2. The molecule has 4 nitrogen and oxygen atoms in total. The van der Waals surface area contributed by atoms with Crippen molar-refractivity contribution in [2.24, 2.45) is 5.73 Å². The molecule has 0 spiro atoms. The van der Waals surface area contributed by atoms with E-state index in [4.69, 9.17) is 5.73 Å². The second-order valence-corrected chi connectivity index (χ2v) is 4.81. The van der Waals surface area contributed by atoms with Crippen molar-refractivity contribution in [1.82, 2.24) is 0 Å². The molecule has 0 fully saturated rings. The Morgan fingerprint density at radius 3 is 2.43 bits per heavy atom. The van der Waals surface area contributed by atoms with E-state index in [2.05, 4.69) is 5.32 Å². The number of primary amides is 1. The third kappa shape index (κ3) is 3.69. The van der Waals surface area contributed by atoms with Crippen LogP contribution >= 0.6 is 0 Å². The Morgan fingerprint density at radius 2 is 1.81 bits per heavy atom. The number of anilines is 1. The van der Waals surface area contributed by atoms with Crippen LogP contribution in [0.25, 0.3) is 0 Å². The molecule has 0 radical (unpaired) electrons. The van der Waals surface area contributed by atoms with Crippen molar-refractivity contribution in [3.63, 3.8) is 0 Å². The lowest BCUT2D eigenvalue weighted by Crippen LogP contribution is -2.21. The fourth-order valence-electron chi connectivity index (χ4n) is 2.24. The highest BCUT2D eigenvalue weighted by molar-refractivity contribution is 5.98. The van der Waals surface area contributed by atoms with E-state index in [0.717, 1.165) is 5.56 Å². The maximum atomic E-state index is 12.4. The number of carbonyl (C=O) groups excluding carboxylic acids is 2. The number of rotatable bonds is 5. The molecular weight excluding hydrogens is 264 g/mol. The summed E-state index contributed by atoms with van der Waals surface area (Å²) in [6, 6.07) is 16.3. The molecule has 0 bridgehead atoms. The summed E-state index contributed by atoms with van der Waals surface area (Å²) in [4.78, 5) is 23.6. The SMILES string of the molecule is CC[C@@H](C(=O)Nc1cccc(C(N)=O)c1)c1ccccc1. The number of amides is 2. The zero-order chi connectivity index (χ0) is 15.2. The summed E-state index contributed by atoms with van der Waals surface area (Å²) in [5.74, 6) is -0.824. The Hall–Kier alpha value is -2.62. The highest BCUT2D eigenvalue weighted by atomic mass is 16.2. The van der Waals surface area contributed by atoms with Crippen molar-refractivity contribution in [3.8, 4) is 0 Å². The number of nitrogens with one attached hydrogen (secondary N) is 1. The standard InChI is InChI=1S/C17H18N2O2/c1-2-15(12-7-4-3-5-8-12)17(21)19-14-10-6-9-13(11-14)16(18)20/h3-11,15H,2H2,1H3,(H2,18,20)(H,19,21)/t15-/m1/s1.